The van der Waals surface area contributed by atoms with Gasteiger partial charge in [0, 0.05) is 23.3 Å². The summed E-state index contributed by atoms with van der Waals surface area (Å²) in [6.45, 7) is 1.86. The van der Waals surface area contributed by atoms with Crippen LogP contribution in [-0.2, 0) is 7.05 Å². The second kappa shape index (κ2) is 3.59. The van der Waals surface area contributed by atoms with Gasteiger partial charge in [-0.1, -0.05) is 29.8 Å². The Morgan fingerprint density at radius 1 is 1.33 bits per heavy atom. The number of benzene rings is 1. The first-order valence-electron chi connectivity index (χ1n) is 4.61. The van der Waals surface area contributed by atoms with E-state index in [4.69, 9.17) is 11.6 Å². The fraction of sp³-hybridized carbons (Fsp3) is 0.182. The van der Waals surface area contributed by atoms with E-state index in [1.54, 1.807) is 13.1 Å². The topological polar surface area (TPSA) is 37.8 Å². The predicted molar refractivity (Wildman–Crippen MR) is 61.2 cm³/mol. The Labute approximate surface area is 92.3 Å². The number of nitrogens with one attached hydrogen (secondary N) is 1. The van der Waals surface area contributed by atoms with Crippen LogP contribution < -0.4 is 5.56 Å². The van der Waals surface area contributed by atoms with E-state index in [2.05, 4.69) is 5.10 Å². The van der Waals surface area contributed by atoms with Crippen molar-refractivity contribution in [2.24, 2.45) is 7.05 Å². The number of aromatic amines is 1. The van der Waals surface area contributed by atoms with E-state index in [9.17, 15) is 4.79 Å². The van der Waals surface area contributed by atoms with Crippen LogP contribution in [0.5, 0.6) is 0 Å². The van der Waals surface area contributed by atoms with Gasteiger partial charge in [0.1, 0.15) is 0 Å². The summed E-state index contributed by atoms with van der Waals surface area (Å²) in [5, 5.41) is 3.54. The Morgan fingerprint density at radius 3 is 2.53 bits per heavy atom. The van der Waals surface area contributed by atoms with Crippen LogP contribution in [0.15, 0.2) is 29.1 Å². The van der Waals surface area contributed by atoms with E-state index in [-0.39, 0.29) is 5.56 Å². The SMILES string of the molecule is Cc1[nH]n(C)c(=O)c1-c1ccccc1Cl. The van der Waals surface area contributed by atoms with Crippen molar-refractivity contribution in [3.8, 4) is 11.1 Å². The third-order valence-corrected chi connectivity index (χ3v) is 2.70. The van der Waals surface area contributed by atoms with Crippen molar-refractivity contribution in [3.05, 3.63) is 45.3 Å². The summed E-state index contributed by atoms with van der Waals surface area (Å²) in [7, 11) is 1.69. The third-order valence-electron chi connectivity index (χ3n) is 2.37. The van der Waals surface area contributed by atoms with Crippen molar-refractivity contribution in [2.45, 2.75) is 6.92 Å². The summed E-state index contributed by atoms with van der Waals surface area (Å²) < 4.78 is 1.45. The Bertz CT molecular complexity index is 554. The molecule has 0 unspecified atom stereocenters. The molecule has 4 heteroatoms. The second-order valence-corrected chi connectivity index (χ2v) is 3.86. The summed E-state index contributed by atoms with van der Waals surface area (Å²) in [5.74, 6) is 0. The van der Waals surface area contributed by atoms with Gasteiger partial charge in [0.05, 0.1) is 5.56 Å². The summed E-state index contributed by atoms with van der Waals surface area (Å²) in [6, 6.07) is 7.34. The molecule has 0 radical (unpaired) electrons. The lowest BCUT2D eigenvalue weighted by atomic mass is 10.1. The summed E-state index contributed by atoms with van der Waals surface area (Å²) in [6.07, 6.45) is 0. The molecule has 0 saturated carbocycles. The molecule has 0 spiro atoms. The van der Waals surface area contributed by atoms with Gasteiger partial charge in [-0.3, -0.25) is 14.6 Å². The molecular weight excluding hydrogens is 212 g/mol. The molecule has 0 fully saturated rings. The van der Waals surface area contributed by atoms with Gasteiger partial charge in [0.15, 0.2) is 0 Å². The first-order valence-corrected chi connectivity index (χ1v) is 4.99. The van der Waals surface area contributed by atoms with Crippen LogP contribution in [0.25, 0.3) is 11.1 Å². The lowest BCUT2D eigenvalue weighted by molar-refractivity contribution is 0.731. The number of rotatable bonds is 1. The largest absolute Gasteiger partial charge is 0.300 e. The zero-order chi connectivity index (χ0) is 11.0. The molecule has 0 aliphatic carbocycles. The number of hydrogen-bond acceptors (Lipinski definition) is 1. The highest BCUT2D eigenvalue weighted by molar-refractivity contribution is 6.33. The monoisotopic (exact) mass is 222 g/mol. The van der Waals surface area contributed by atoms with Gasteiger partial charge in [-0.2, -0.15) is 0 Å². The Kier molecular flexibility index (Phi) is 2.40. The molecule has 0 saturated heterocycles. The minimum atomic E-state index is -0.0550. The smallest absolute Gasteiger partial charge is 0.274 e. The van der Waals surface area contributed by atoms with E-state index in [0.29, 0.717) is 10.6 Å². The standard InChI is InChI=1S/C11H11ClN2O/c1-7-10(11(15)14(2)13-7)8-5-3-4-6-9(8)12/h3-6,13H,1-2H3. The number of halogens is 1. The van der Waals surface area contributed by atoms with Gasteiger partial charge in [-0.05, 0) is 13.0 Å². The number of nitrogens with zero attached hydrogens (tertiary/aromatic N) is 1. The van der Waals surface area contributed by atoms with Crippen LogP contribution in [0.3, 0.4) is 0 Å². The van der Waals surface area contributed by atoms with E-state index in [1.165, 1.54) is 4.68 Å². The van der Waals surface area contributed by atoms with Gasteiger partial charge < -0.3 is 0 Å². The van der Waals surface area contributed by atoms with E-state index in [1.807, 2.05) is 25.1 Å². The third kappa shape index (κ3) is 1.59. The zero-order valence-electron chi connectivity index (χ0n) is 8.54. The summed E-state index contributed by atoms with van der Waals surface area (Å²) in [5.41, 5.74) is 2.19. The van der Waals surface area contributed by atoms with E-state index < -0.39 is 0 Å². The molecule has 0 atom stereocenters. The van der Waals surface area contributed by atoms with Crippen molar-refractivity contribution in [2.75, 3.05) is 0 Å². The van der Waals surface area contributed by atoms with Gasteiger partial charge in [0.2, 0.25) is 0 Å². The van der Waals surface area contributed by atoms with Crippen molar-refractivity contribution < 1.29 is 0 Å². The molecule has 78 valence electrons. The molecule has 1 aromatic heterocycles. The Morgan fingerprint density at radius 2 is 2.00 bits per heavy atom. The molecule has 15 heavy (non-hydrogen) atoms. The average molecular weight is 223 g/mol. The van der Waals surface area contributed by atoms with E-state index in [0.717, 1.165) is 11.3 Å². The maximum Gasteiger partial charge on any atom is 0.274 e. The van der Waals surface area contributed by atoms with Gasteiger partial charge in [-0.25, -0.2) is 0 Å². The highest BCUT2D eigenvalue weighted by atomic mass is 35.5. The molecule has 0 amide bonds. The maximum atomic E-state index is 11.8. The minimum absolute atomic E-state index is 0.0550. The van der Waals surface area contributed by atoms with Crippen LogP contribution in [0.2, 0.25) is 5.02 Å². The molecule has 0 aliphatic rings. The number of hydrogen-bond donors (Lipinski definition) is 1. The number of H-pyrrole nitrogens is 1. The average Bonchev–Trinajstić information content (AvgIpc) is 2.43. The lowest BCUT2D eigenvalue weighted by Gasteiger charge is -2.00. The van der Waals surface area contributed by atoms with E-state index >= 15 is 0 Å². The first-order chi connectivity index (χ1) is 7.11. The van der Waals surface area contributed by atoms with Crippen LogP contribution in [0.1, 0.15) is 5.69 Å². The van der Waals surface area contributed by atoms with Crippen LogP contribution in [0.4, 0.5) is 0 Å². The molecule has 0 aliphatic heterocycles. The van der Waals surface area contributed by atoms with Crippen molar-refractivity contribution >= 4 is 11.6 Å². The van der Waals surface area contributed by atoms with Crippen LogP contribution >= 0.6 is 11.6 Å². The van der Waals surface area contributed by atoms with Crippen molar-refractivity contribution in [3.63, 3.8) is 0 Å². The normalized spacial score (nSPS) is 10.6. The Hall–Kier alpha value is -1.48. The molecule has 1 aromatic carbocycles. The fourth-order valence-electron chi connectivity index (χ4n) is 1.67. The number of aryl methyl sites for hydroxylation is 2. The molecule has 1 heterocycles. The highest BCUT2D eigenvalue weighted by Gasteiger charge is 2.13. The summed E-state index contributed by atoms with van der Waals surface area (Å²) in [4.78, 5) is 11.8. The first kappa shape index (κ1) is 10.1. The number of aromatic nitrogens is 2. The molecular formula is C11H11ClN2O. The van der Waals surface area contributed by atoms with Crippen LogP contribution in [-0.4, -0.2) is 9.78 Å². The van der Waals surface area contributed by atoms with Crippen molar-refractivity contribution in [1.29, 1.82) is 0 Å². The molecule has 1 N–H and O–H groups in total. The zero-order valence-corrected chi connectivity index (χ0v) is 9.30. The van der Waals surface area contributed by atoms with Crippen molar-refractivity contribution in [1.82, 2.24) is 9.78 Å². The second-order valence-electron chi connectivity index (χ2n) is 3.46. The molecule has 3 nitrogen and oxygen atoms in total. The lowest BCUT2D eigenvalue weighted by Crippen LogP contribution is -2.13. The molecule has 0 bridgehead atoms. The predicted octanol–water partition coefficient (Wildman–Crippen LogP) is 2.34. The quantitative estimate of drug-likeness (QED) is 0.790. The highest BCUT2D eigenvalue weighted by Crippen LogP contribution is 2.26. The maximum absolute atomic E-state index is 11.8. The summed E-state index contributed by atoms with van der Waals surface area (Å²) >= 11 is 6.05. The minimum Gasteiger partial charge on any atom is -0.300 e. The van der Waals surface area contributed by atoms with Crippen LogP contribution in [0, 0.1) is 6.92 Å². The van der Waals surface area contributed by atoms with Gasteiger partial charge in [-0.15, -0.1) is 0 Å². The van der Waals surface area contributed by atoms with Gasteiger partial charge >= 0.3 is 0 Å². The van der Waals surface area contributed by atoms with Gasteiger partial charge in [0.25, 0.3) is 5.56 Å². The fourth-order valence-corrected chi connectivity index (χ4v) is 1.90. The Balaban J connectivity index is 2.75. The molecule has 2 aromatic rings. The molecule has 2 rings (SSSR count).